The molecule has 128 valence electrons. The van der Waals surface area contributed by atoms with E-state index >= 15 is 0 Å². The number of carbonyl (C=O) groups is 1. The molecule has 1 aromatic heterocycles. The number of hydrogen-bond acceptors (Lipinski definition) is 3. The van der Waals surface area contributed by atoms with Crippen LogP contribution in [-0.2, 0) is 11.2 Å². The number of halogens is 1. The second kappa shape index (κ2) is 7.25. The van der Waals surface area contributed by atoms with Gasteiger partial charge in [0.15, 0.2) is 0 Å². The number of nitrogens with zero attached hydrogens (tertiary/aromatic N) is 4. The summed E-state index contributed by atoms with van der Waals surface area (Å²) in [4.78, 5) is 18.0. The molecule has 1 heterocycles. The van der Waals surface area contributed by atoms with Gasteiger partial charge in [-0.1, -0.05) is 30.3 Å². The van der Waals surface area contributed by atoms with E-state index in [0.717, 1.165) is 11.3 Å². The maximum absolute atomic E-state index is 13.7. The molecule has 0 aliphatic rings. The molecule has 0 bridgehead atoms. The molecule has 1 atom stereocenters. The lowest BCUT2D eigenvalue weighted by molar-refractivity contribution is -0.131. The number of rotatable bonds is 5. The molecule has 0 radical (unpaired) electrons. The highest BCUT2D eigenvalue weighted by Gasteiger charge is 2.19. The van der Waals surface area contributed by atoms with Gasteiger partial charge in [-0.2, -0.15) is 5.10 Å². The molecule has 3 aromatic rings. The van der Waals surface area contributed by atoms with E-state index in [1.54, 1.807) is 41.2 Å². The Bertz CT molecular complexity index is 846. The molecular formula is C19H19FN4O. The molecule has 2 aromatic carbocycles. The first-order valence-corrected chi connectivity index (χ1v) is 8.00. The van der Waals surface area contributed by atoms with Crippen LogP contribution in [0.5, 0.6) is 0 Å². The van der Waals surface area contributed by atoms with Crippen molar-refractivity contribution in [2.24, 2.45) is 0 Å². The van der Waals surface area contributed by atoms with Crippen LogP contribution in [0.1, 0.15) is 24.1 Å². The van der Waals surface area contributed by atoms with Crippen molar-refractivity contribution < 1.29 is 9.18 Å². The third-order valence-electron chi connectivity index (χ3n) is 4.33. The quantitative estimate of drug-likeness (QED) is 0.718. The van der Waals surface area contributed by atoms with Crippen LogP contribution in [-0.4, -0.2) is 32.6 Å². The summed E-state index contributed by atoms with van der Waals surface area (Å²) in [6.07, 6.45) is 3.15. The van der Waals surface area contributed by atoms with E-state index in [1.807, 2.05) is 31.2 Å². The third kappa shape index (κ3) is 3.74. The second-order valence-electron chi connectivity index (χ2n) is 5.88. The summed E-state index contributed by atoms with van der Waals surface area (Å²) < 4.78 is 15.4. The molecule has 0 unspecified atom stereocenters. The van der Waals surface area contributed by atoms with Crippen molar-refractivity contribution in [1.82, 2.24) is 19.7 Å². The normalized spacial score (nSPS) is 12.0. The van der Waals surface area contributed by atoms with Crippen molar-refractivity contribution in [3.63, 3.8) is 0 Å². The average molecular weight is 338 g/mol. The Morgan fingerprint density at radius 3 is 2.56 bits per heavy atom. The molecule has 0 saturated heterocycles. The molecule has 1 amide bonds. The summed E-state index contributed by atoms with van der Waals surface area (Å²) in [6.45, 7) is 1.95. The van der Waals surface area contributed by atoms with Crippen molar-refractivity contribution in [3.8, 4) is 5.69 Å². The highest BCUT2D eigenvalue weighted by Crippen LogP contribution is 2.21. The molecule has 5 nitrogen and oxygen atoms in total. The van der Waals surface area contributed by atoms with Crippen molar-refractivity contribution in [1.29, 1.82) is 0 Å². The van der Waals surface area contributed by atoms with Gasteiger partial charge in [0.05, 0.1) is 18.2 Å². The molecule has 25 heavy (non-hydrogen) atoms. The van der Waals surface area contributed by atoms with Gasteiger partial charge in [0.25, 0.3) is 0 Å². The standard InChI is InChI=1S/C19H19FN4O/c1-14(15-7-9-17(10-8-15)24-13-21-12-22-24)23(2)19(25)11-16-5-3-4-6-18(16)20/h3-10,12-14H,11H2,1-2H3/t14-/m1/s1. The Kier molecular flexibility index (Phi) is 4.88. The molecule has 0 fully saturated rings. The lowest BCUT2D eigenvalue weighted by Crippen LogP contribution is -2.31. The summed E-state index contributed by atoms with van der Waals surface area (Å²) >= 11 is 0. The number of carbonyl (C=O) groups excluding carboxylic acids is 1. The molecule has 6 heteroatoms. The highest BCUT2D eigenvalue weighted by molar-refractivity contribution is 5.79. The van der Waals surface area contributed by atoms with E-state index in [0.29, 0.717) is 5.56 Å². The Morgan fingerprint density at radius 1 is 1.20 bits per heavy atom. The van der Waals surface area contributed by atoms with E-state index < -0.39 is 0 Å². The van der Waals surface area contributed by atoms with Gasteiger partial charge >= 0.3 is 0 Å². The first-order valence-electron chi connectivity index (χ1n) is 8.00. The molecule has 0 aliphatic heterocycles. The summed E-state index contributed by atoms with van der Waals surface area (Å²) in [7, 11) is 1.74. The summed E-state index contributed by atoms with van der Waals surface area (Å²) in [5, 5.41) is 4.08. The SMILES string of the molecule is C[C@H](c1ccc(-n2cncn2)cc1)N(C)C(=O)Cc1ccccc1F. The summed E-state index contributed by atoms with van der Waals surface area (Å²) in [5.74, 6) is -0.480. The summed E-state index contributed by atoms with van der Waals surface area (Å²) in [6, 6.07) is 14.0. The summed E-state index contributed by atoms with van der Waals surface area (Å²) in [5.41, 5.74) is 2.30. The van der Waals surface area contributed by atoms with E-state index in [2.05, 4.69) is 10.1 Å². The van der Waals surface area contributed by atoms with Gasteiger partial charge in [-0.05, 0) is 36.2 Å². The molecule has 0 spiro atoms. The van der Waals surface area contributed by atoms with Gasteiger partial charge in [-0.3, -0.25) is 4.79 Å². The van der Waals surface area contributed by atoms with Crippen LogP contribution in [0.2, 0.25) is 0 Å². The van der Waals surface area contributed by atoms with E-state index in [9.17, 15) is 9.18 Å². The van der Waals surface area contributed by atoms with Gasteiger partial charge in [-0.15, -0.1) is 0 Å². The Hall–Kier alpha value is -3.02. The molecular weight excluding hydrogens is 319 g/mol. The third-order valence-corrected chi connectivity index (χ3v) is 4.33. The highest BCUT2D eigenvalue weighted by atomic mass is 19.1. The number of benzene rings is 2. The van der Waals surface area contributed by atoms with Gasteiger partial charge < -0.3 is 4.90 Å². The zero-order valence-corrected chi connectivity index (χ0v) is 14.1. The van der Waals surface area contributed by atoms with Crippen LogP contribution in [0.3, 0.4) is 0 Å². The smallest absolute Gasteiger partial charge is 0.227 e. The van der Waals surface area contributed by atoms with Crippen LogP contribution in [0.25, 0.3) is 5.69 Å². The molecule has 0 N–H and O–H groups in total. The maximum Gasteiger partial charge on any atom is 0.227 e. The van der Waals surface area contributed by atoms with Gasteiger partial charge in [-0.25, -0.2) is 14.1 Å². The lowest BCUT2D eigenvalue weighted by Gasteiger charge is -2.25. The number of likely N-dealkylation sites (N-methyl/N-ethyl adjacent to an activating group) is 1. The first-order chi connectivity index (χ1) is 12.1. The van der Waals surface area contributed by atoms with E-state index in [1.165, 1.54) is 12.4 Å². The molecule has 0 saturated carbocycles. The lowest BCUT2D eigenvalue weighted by atomic mass is 10.1. The predicted molar refractivity (Wildman–Crippen MR) is 92.6 cm³/mol. The maximum atomic E-state index is 13.7. The van der Waals surface area contributed by atoms with Gasteiger partial charge in [0.2, 0.25) is 5.91 Å². The van der Waals surface area contributed by atoms with Crippen LogP contribution >= 0.6 is 0 Å². The van der Waals surface area contributed by atoms with Crippen molar-refractivity contribution >= 4 is 5.91 Å². The number of aromatic nitrogens is 3. The second-order valence-corrected chi connectivity index (χ2v) is 5.88. The fourth-order valence-electron chi connectivity index (χ4n) is 2.62. The largest absolute Gasteiger partial charge is 0.339 e. The number of amides is 1. The fraction of sp³-hybridized carbons (Fsp3) is 0.211. The zero-order valence-electron chi connectivity index (χ0n) is 14.1. The van der Waals surface area contributed by atoms with E-state index in [4.69, 9.17) is 0 Å². The average Bonchev–Trinajstić information content (AvgIpc) is 3.17. The minimum atomic E-state index is -0.353. The molecule has 0 aliphatic carbocycles. The Balaban J connectivity index is 1.70. The fourth-order valence-corrected chi connectivity index (χ4v) is 2.62. The van der Waals surface area contributed by atoms with Crippen LogP contribution in [0.4, 0.5) is 4.39 Å². The van der Waals surface area contributed by atoms with Gasteiger partial charge in [0.1, 0.15) is 18.5 Å². The van der Waals surface area contributed by atoms with Crippen LogP contribution < -0.4 is 0 Å². The number of hydrogen-bond donors (Lipinski definition) is 0. The minimum absolute atomic E-state index is 0.0462. The topological polar surface area (TPSA) is 51.0 Å². The van der Waals surface area contributed by atoms with Crippen molar-refractivity contribution in [3.05, 3.63) is 78.1 Å². The van der Waals surface area contributed by atoms with Crippen molar-refractivity contribution in [2.75, 3.05) is 7.05 Å². The Labute approximate surface area is 145 Å². The predicted octanol–water partition coefficient (Wildman–Crippen LogP) is 3.17. The van der Waals surface area contributed by atoms with E-state index in [-0.39, 0.29) is 24.2 Å². The monoisotopic (exact) mass is 338 g/mol. The van der Waals surface area contributed by atoms with Gasteiger partial charge in [0, 0.05) is 7.05 Å². The van der Waals surface area contributed by atoms with Crippen molar-refractivity contribution in [2.45, 2.75) is 19.4 Å². The van der Waals surface area contributed by atoms with Crippen LogP contribution in [0.15, 0.2) is 61.2 Å². The molecule has 3 rings (SSSR count). The first kappa shape index (κ1) is 16.8. The Morgan fingerprint density at radius 2 is 1.92 bits per heavy atom. The zero-order chi connectivity index (χ0) is 17.8. The minimum Gasteiger partial charge on any atom is -0.339 e. The van der Waals surface area contributed by atoms with Crippen LogP contribution in [0, 0.1) is 5.82 Å².